The van der Waals surface area contributed by atoms with Crippen molar-refractivity contribution in [3.8, 4) is 0 Å². The highest BCUT2D eigenvalue weighted by molar-refractivity contribution is 5.98. The Morgan fingerprint density at radius 1 is 1.40 bits per heavy atom. The zero-order valence-corrected chi connectivity index (χ0v) is 11.0. The van der Waals surface area contributed by atoms with Crippen LogP contribution in [0.15, 0.2) is 18.2 Å². The molecule has 1 N–H and O–H groups in total. The summed E-state index contributed by atoms with van der Waals surface area (Å²) in [7, 11) is 1.69. The van der Waals surface area contributed by atoms with Gasteiger partial charge in [0, 0.05) is 31.3 Å². The van der Waals surface area contributed by atoms with Gasteiger partial charge >= 0.3 is 5.97 Å². The number of esters is 1. The molecule has 1 atom stereocenters. The Labute approximate surface area is 115 Å². The van der Waals surface area contributed by atoms with Gasteiger partial charge in [-0.1, -0.05) is 0 Å². The summed E-state index contributed by atoms with van der Waals surface area (Å²) in [4.78, 5) is 36.4. The molecule has 2 aliphatic heterocycles. The summed E-state index contributed by atoms with van der Waals surface area (Å²) in [5, 5.41) is 2.78. The average molecular weight is 274 g/mol. The number of cyclic esters (lactones) is 1. The number of nitrogens with zero attached hydrogens (tertiary/aromatic N) is 1. The molecule has 1 fully saturated rings. The number of fused-ring (bicyclic) bond motifs is 1. The Morgan fingerprint density at radius 3 is 2.90 bits per heavy atom. The van der Waals surface area contributed by atoms with E-state index in [0.717, 1.165) is 5.56 Å². The molecule has 1 saturated heterocycles. The summed E-state index contributed by atoms with van der Waals surface area (Å²) in [6.07, 6.45) is 0.245. The van der Waals surface area contributed by atoms with Gasteiger partial charge < -0.3 is 15.0 Å². The highest BCUT2D eigenvalue weighted by Crippen LogP contribution is 2.24. The van der Waals surface area contributed by atoms with Gasteiger partial charge in [-0.05, 0) is 18.2 Å². The number of carbonyl (C=O) groups is 3. The van der Waals surface area contributed by atoms with Crippen LogP contribution in [0.3, 0.4) is 0 Å². The predicted octanol–water partition coefficient (Wildman–Crippen LogP) is 0.774. The number of hydrogen-bond donors (Lipinski definition) is 1. The summed E-state index contributed by atoms with van der Waals surface area (Å²) in [6.45, 7) is 0.680. The van der Waals surface area contributed by atoms with Crippen LogP contribution in [-0.2, 0) is 20.9 Å². The van der Waals surface area contributed by atoms with Crippen LogP contribution in [0, 0.1) is 5.92 Å². The fourth-order valence-electron chi connectivity index (χ4n) is 2.49. The number of amides is 2. The number of anilines is 1. The second kappa shape index (κ2) is 4.63. The molecule has 0 radical (unpaired) electrons. The van der Waals surface area contributed by atoms with Gasteiger partial charge in [-0.3, -0.25) is 9.59 Å². The van der Waals surface area contributed by atoms with Crippen molar-refractivity contribution in [1.29, 1.82) is 0 Å². The standard InChI is InChI=1S/C14H14N2O4/c1-16-6-8(5-12(16)17)13(18)15-10-2-3-11-9(4-10)7-20-14(11)19/h2-4,8H,5-7H2,1H3,(H,15,18). The Kier molecular flexibility index (Phi) is 2.93. The van der Waals surface area contributed by atoms with E-state index in [0.29, 0.717) is 17.8 Å². The van der Waals surface area contributed by atoms with E-state index in [1.165, 1.54) is 0 Å². The molecule has 104 valence electrons. The third-order valence-electron chi connectivity index (χ3n) is 3.66. The zero-order chi connectivity index (χ0) is 14.3. The van der Waals surface area contributed by atoms with Crippen molar-refractivity contribution in [2.75, 3.05) is 18.9 Å². The molecule has 2 aliphatic rings. The van der Waals surface area contributed by atoms with Gasteiger partial charge in [0.25, 0.3) is 0 Å². The first kappa shape index (κ1) is 12.7. The number of likely N-dealkylation sites (tertiary alicyclic amines) is 1. The summed E-state index contributed by atoms with van der Waals surface area (Å²) in [5.41, 5.74) is 1.93. The van der Waals surface area contributed by atoms with Gasteiger partial charge in [0.2, 0.25) is 11.8 Å². The van der Waals surface area contributed by atoms with Crippen LogP contribution in [0.4, 0.5) is 5.69 Å². The zero-order valence-electron chi connectivity index (χ0n) is 11.0. The normalized spacial score (nSPS) is 20.9. The second-order valence-corrected chi connectivity index (χ2v) is 5.11. The van der Waals surface area contributed by atoms with Gasteiger partial charge in [0.05, 0.1) is 11.5 Å². The van der Waals surface area contributed by atoms with Crippen LogP contribution in [0.2, 0.25) is 0 Å². The van der Waals surface area contributed by atoms with Gasteiger partial charge in [-0.25, -0.2) is 4.79 Å². The largest absolute Gasteiger partial charge is 0.457 e. The van der Waals surface area contributed by atoms with Crippen molar-refractivity contribution in [3.05, 3.63) is 29.3 Å². The SMILES string of the molecule is CN1CC(C(=O)Nc2ccc3c(c2)COC3=O)CC1=O. The van der Waals surface area contributed by atoms with Crippen LogP contribution in [0.1, 0.15) is 22.3 Å². The minimum absolute atomic E-state index is 0.0156. The van der Waals surface area contributed by atoms with E-state index in [4.69, 9.17) is 4.74 Å². The molecular weight excluding hydrogens is 260 g/mol. The van der Waals surface area contributed by atoms with E-state index in [1.807, 2.05) is 0 Å². The maximum atomic E-state index is 12.1. The van der Waals surface area contributed by atoms with Crippen LogP contribution in [0.25, 0.3) is 0 Å². The average Bonchev–Trinajstić information content (AvgIpc) is 2.94. The fraction of sp³-hybridized carbons (Fsp3) is 0.357. The van der Waals surface area contributed by atoms with E-state index in [2.05, 4.69) is 5.32 Å². The molecule has 20 heavy (non-hydrogen) atoms. The van der Waals surface area contributed by atoms with Crippen LogP contribution >= 0.6 is 0 Å². The summed E-state index contributed by atoms with van der Waals surface area (Å²) in [5.74, 6) is -0.842. The first-order chi connectivity index (χ1) is 9.54. The lowest BCUT2D eigenvalue weighted by atomic mass is 10.1. The van der Waals surface area contributed by atoms with Gasteiger partial charge in [-0.15, -0.1) is 0 Å². The number of hydrogen-bond acceptors (Lipinski definition) is 4. The Balaban J connectivity index is 1.71. The summed E-state index contributed by atoms with van der Waals surface area (Å²) >= 11 is 0. The molecule has 2 heterocycles. The van der Waals surface area contributed by atoms with Crippen molar-refractivity contribution in [2.45, 2.75) is 13.0 Å². The van der Waals surface area contributed by atoms with Gasteiger partial charge in [-0.2, -0.15) is 0 Å². The van der Waals surface area contributed by atoms with Crippen molar-refractivity contribution in [3.63, 3.8) is 0 Å². The van der Waals surface area contributed by atoms with Gasteiger partial charge in [0.1, 0.15) is 6.61 Å². The molecule has 1 unspecified atom stereocenters. The monoisotopic (exact) mass is 274 g/mol. The smallest absolute Gasteiger partial charge is 0.338 e. The third-order valence-corrected chi connectivity index (χ3v) is 3.66. The number of rotatable bonds is 2. The molecule has 6 heteroatoms. The first-order valence-electron chi connectivity index (χ1n) is 6.39. The van der Waals surface area contributed by atoms with E-state index >= 15 is 0 Å². The maximum Gasteiger partial charge on any atom is 0.338 e. The number of carbonyl (C=O) groups excluding carboxylic acids is 3. The molecule has 0 bridgehead atoms. The van der Waals surface area contributed by atoms with Gasteiger partial charge in [0.15, 0.2) is 0 Å². The van der Waals surface area contributed by atoms with Crippen LogP contribution in [-0.4, -0.2) is 36.3 Å². The van der Waals surface area contributed by atoms with Crippen molar-refractivity contribution in [2.24, 2.45) is 5.92 Å². The minimum Gasteiger partial charge on any atom is -0.457 e. The molecule has 3 rings (SSSR count). The van der Waals surface area contributed by atoms with E-state index in [9.17, 15) is 14.4 Å². The molecule has 0 aliphatic carbocycles. The third kappa shape index (κ3) is 2.13. The van der Waals surface area contributed by atoms with Crippen molar-refractivity contribution >= 4 is 23.5 Å². The highest BCUT2D eigenvalue weighted by Gasteiger charge is 2.32. The molecule has 0 aromatic heterocycles. The molecule has 1 aromatic rings. The summed E-state index contributed by atoms with van der Waals surface area (Å²) in [6, 6.07) is 5.05. The molecule has 6 nitrogen and oxygen atoms in total. The lowest BCUT2D eigenvalue weighted by Gasteiger charge is -2.11. The summed E-state index contributed by atoms with van der Waals surface area (Å²) < 4.78 is 4.91. The van der Waals surface area contributed by atoms with Crippen molar-refractivity contribution in [1.82, 2.24) is 4.90 Å². The van der Waals surface area contributed by atoms with Crippen molar-refractivity contribution < 1.29 is 19.1 Å². The lowest BCUT2D eigenvalue weighted by molar-refractivity contribution is -0.127. The Bertz CT molecular complexity index is 611. The minimum atomic E-state index is -0.333. The second-order valence-electron chi connectivity index (χ2n) is 5.11. The first-order valence-corrected chi connectivity index (χ1v) is 6.39. The van der Waals surface area contributed by atoms with Crippen LogP contribution in [0.5, 0.6) is 0 Å². The molecular formula is C14H14N2O4. The maximum absolute atomic E-state index is 12.1. The highest BCUT2D eigenvalue weighted by atomic mass is 16.5. The molecule has 1 aromatic carbocycles. The molecule has 0 spiro atoms. The number of ether oxygens (including phenoxy) is 1. The molecule has 2 amide bonds. The predicted molar refractivity (Wildman–Crippen MR) is 69.9 cm³/mol. The number of nitrogens with one attached hydrogen (secondary N) is 1. The van der Waals surface area contributed by atoms with E-state index in [-0.39, 0.29) is 36.7 Å². The Morgan fingerprint density at radius 2 is 2.20 bits per heavy atom. The van der Waals surface area contributed by atoms with Crippen LogP contribution < -0.4 is 5.32 Å². The quantitative estimate of drug-likeness (QED) is 0.808. The lowest BCUT2D eigenvalue weighted by Crippen LogP contribution is -2.25. The number of benzene rings is 1. The topological polar surface area (TPSA) is 75.7 Å². The molecule has 0 saturated carbocycles. The van der Waals surface area contributed by atoms with E-state index in [1.54, 1.807) is 30.1 Å². The fourth-order valence-corrected chi connectivity index (χ4v) is 2.49. The van der Waals surface area contributed by atoms with E-state index < -0.39 is 0 Å². The Hall–Kier alpha value is -2.37.